The predicted octanol–water partition coefficient (Wildman–Crippen LogP) is 3.37. The lowest BCUT2D eigenvalue weighted by molar-refractivity contribution is -0.176. The van der Waals surface area contributed by atoms with Crippen LogP contribution >= 0.6 is 0 Å². The SMILES string of the molecule is C.C.C.C.C.O.O.O=c1cccc2cc(O)c(O)c(O)c2c1O.OO.Oc1cccc(O)c1O. The molecule has 3 rings (SSSR count). The summed E-state index contributed by atoms with van der Waals surface area (Å²) in [7, 11) is 0. The van der Waals surface area contributed by atoms with Gasteiger partial charge in [0.05, 0.1) is 5.39 Å². The summed E-state index contributed by atoms with van der Waals surface area (Å²) in [5.41, 5.74) is -0.685. The van der Waals surface area contributed by atoms with Crippen molar-refractivity contribution >= 4 is 10.8 Å². The van der Waals surface area contributed by atoms with Crippen LogP contribution < -0.4 is 5.43 Å². The van der Waals surface area contributed by atoms with Gasteiger partial charge in [-0.3, -0.25) is 15.3 Å². The van der Waals surface area contributed by atoms with Gasteiger partial charge in [0.2, 0.25) is 11.2 Å². The Balaban J connectivity index is -0.0000000721. The molecular weight excluding hydrogens is 456 g/mol. The molecule has 0 aliphatic carbocycles. The summed E-state index contributed by atoms with van der Waals surface area (Å²) in [4.78, 5) is 11.3. The summed E-state index contributed by atoms with van der Waals surface area (Å²) in [6.45, 7) is 0. The molecule has 0 heterocycles. The Morgan fingerprint density at radius 3 is 1.32 bits per heavy atom. The minimum Gasteiger partial charge on any atom is -0.504 e. The van der Waals surface area contributed by atoms with Crippen molar-refractivity contribution in [2.75, 3.05) is 0 Å². The molecule has 3 aromatic rings. The molecule has 0 aromatic heterocycles. The number of rotatable bonds is 0. The van der Waals surface area contributed by atoms with Crippen LogP contribution in [0.1, 0.15) is 37.1 Å². The molecule has 0 radical (unpaired) electrons. The molecule has 0 atom stereocenters. The van der Waals surface area contributed by atoms with E-state index in [0.29, 0.717) is 0 Å². The molecule has 0 unspecified atom stereocenters. The molecule has 3 aromatic carbocycles. The van der Waals surface area contributed by atoms with Gasteiger partial charge in [-0.2, -0.15) is 0 Å². The van der Waals surface area contributed by atoms with Crippen LogP contribution in [0.25, 0.3) is 10.8 Å². The van der Waals surface area contributed by atoms with Gasteiger partial charge in [-0.1, -0.05) is 55.3 Å². The number of benzene rings is 2. The maximum Gasteiger partial charge on any atom is 0.220 e. The second-order valence-corrected chi connectivity index (χ2v) is 4.94. The van der Waals surface area contributed by atoms with Crippen molar-refractivity contribution in [2.45, 2.75) is 37.1 Å². The highest BCUT2D eigenvalue weighted by Gasteiger charge is 2.14. The highest BCUT2D eigenvalue weighted by atomic mass is 17.0. The molecule has 0 saturated carbocycles. The largest absolute Gasteiger partial charge is 0.504 e. The van der Waals surface area contributed by atoms with E-state index >= 15 is 0 Å². The Hall–Kier alpha value is -3.97. The lowest BCUT2D eigenvalue weighted by Crippen LogP contribution is -1.93. The first-order valence-electron chi connectivity index (χ1n) is 7.03. The molecule has 0 fully saturated rings. The summed E-state index contributed by atoms with van der Waals surface area (Å²) in [5, 5.41) is 75.8. The maximum absolute atomic E-state index is 11.3. The van der Waals surface area contributed by atoms with Gasteiger partial charge in [-0.25, -0.2) is 0 Å². The van der Waals surface area contributed by atoms with Gasteiger partial charge in [0.25, 0.3) is 0 Å². The number of hydrogen-bond donors (Lipinski definition) is 9. The molecule has 34 heavy (non-hydrogen) atoms. The van der Waals surface area contributed by atoms with Crippen molar-refractivity contribution in [1.29, 1.82) is 0 Å². The van der Waals surface area contributed by atoms with Crippen LogP contribution in [0.4, 0.5) is 0 Å². The molecule has 200 valence electrons. The fourth-order valence-corrected chi connectivity index (χ4v) is 2.01. The van der Waals surface area contributed by atoms with E-state index in [0.717, 1.165) is 12.1 Å². The van der Waals surface area contributed by atoms with Crippen LogP contribution in [0, 0.1) is 0 Å². The van der Waals surface area contributed by atoms with E-state index in [2.05, 4.69) is 0 Å². The summed E-state index contributed by atoms with van der Waals surface area (Å²) in [6.07, 6.45) is 0. The van der Waals surface area contributed by atoms with Gasteiger partial charge >= 0.3 is 0 Å². The van der Waals surface area contributed by atoms with Crippen molar-refractivity contribution < 1.29 is 57.2 Å². The molecule has 0 spiro atoms. The quantitative estimate of drug-likeness (QED) is 0.124. The standard InChI is InChI=1S/C11H8O5.C6H6O3.5CH4.H2O2.2H2O/c12-6-3-1-2-5-4-7(13)10(15)11(16)8(5)9(6)14;7-4-2-1-3-5(8)6(4)9;;;;;;1-2;;/h1-4,13,15-16H,(H,12,14);1-3,7-9H;5*1H4;1-2H;2*1H2. The van der Waals surface area contributed by atoms with Gasteiger partial charge in [-0.05, 0) is 29.7 Å². The van der Waals surface area contributed by atoms with Gasteiger partial charge in [0.1, 0.15) is 0 Å². The molecule has 0 bridgehead atoms. The Morgan fingerprint density at radius 1 is 0.500 bits per heavy atom. The van der Waals surface area contributed by atoms with E-state index in [1.807, 2.05) is 0 Å². The summed E-state index contributed by atoms with van der Waals surface area (Å²) < 4.78 is 0. The smallest absolute Gasteiger partial charge is 0.220 e. The summed E-state index contributed by atoms with van der Waals surface area (Å²) in [6, 6.07) is 9.07. The number of phenols is 6. The zero-order chi connectivity index (χ0) is 20.7. The third-order valence-corrected chi connectivity index (χ3v) is 3.27. The lowest BCUT2D eigenvalue weighted by Gasteiger charge is -2.04. The predicted molar refractivity (Wildman–Crippen MR) is 134 cm³/mol. The first-order valence-corrected chi connectivity index (χ1v) is 7.03. The first kappa shape index (κ1) is 47.7. The Morgan fingerprint density at radius 2 is 0.912 bits per heavy atom. The minimum atomic E-state index is -0.770. The van der Waals surface area contributed by atoms with Crippen LogP contribution in [-0.4, -0.2) is 57.2 Å². The maximum atomic E-state index is 11.3. The number of aromatic hydroxyl groups is 7. The van der Waals surface area contributed by atoms with Crippen molar-refractivity contribution in [3.8, 4) is 40.2 Å². The van der Waals surface area contributed by atoms with Crippen molar-refractivity contribution in [2.24, 2.45) is 0 Å². The lowest BCUT2D eigenvalue weighted by atomic mass is 10.1. The number of hydrogen-bond acceptors (Lipinski definition) is 10. The van der Waals surface area contributed by atoms with Gasteiger partial charge < -0.3 is 46.7 Å². The van der Waals surface area contributed by atoms with Gasteiger partial charge in [-0.15, -0.1) is 0 Å². The Kier molecular flexibility index (Phi) is 29.3. The average molecular weight is 497 g/mol. The van der Waals surface area contributed by atoms with Crippen molar-refractivity contribution in [3.05, 3.63) is 52.7 Å². The van der Waals surface area contributed by atoms with Gasteiger partial charge in [0.15, 0.2) is 34.5 Å². The highest BCUT2D eigenvalue weighted by Crippen LogP contribution is 2.42. The highest BCUT2D eigenvalue weighted by molar-refractivity contribution is 5.96. The number of fused-ring (bicyclic) bond motifs is 1. The second kappa shape index (κ2) is 20.9. The first-order chi connectivity index (χ1) is 12.7. The van der Waals surface area contributed by atoms with E-state index in [9.17, 15) is 25.2 Å². The fourth-order valence-electron chi connectivity index (χ4n) is 2.01. The minimum absolute atomic E-state index is 0. The normalized spacial score (nSPS) is 7.59. The van der Waals surface area contributed by atoms with E-state index in [4.69, 9.17) is 25.8 Å². The molecule has 0 aliphatic rings. The molecule has 0 amide bonds. The zero-order valence-electron chi connectivity index (χ0n) is 14.5. The molecule has 13 N–H and O–H groups in total. The second-order valence-electron chi connectivity index (χ2n) is 4.94. The van der Waals surface area contributed by atoms with Crippen LogP contribution in [-0.2, 0) is 0 Å². The van der Waals surface area contributed by atoms with Crippen LogP contribution in [0.3, 0.4) is 0 Å². The van der Waals surface area contributed by atoms with Crippen LogP contribution in [0.15, 0.2) is 47.3 Å². The Bertz CT molecular complexity index is 987. The molecular formula is C22H40O12. The van der Waals surface area contributed by atoms with Crippen molar-refractivity contribution in [1.82, 2.24) is 0 Å². The summed E-state index contributed by atoms with van der Waals surface area (Å²) >= 11 is 0. The third kappa shape index (κ3) is 10.6. The number of phenolic OH excluding ortho intramolecular Hbond substituents is 6. The van der Waals surface area contributed by atoms with Crippen molar-refractivity contribution in [3.63, 3.8) is 0 Å². The van der Waals surface area contributed by atoms with Crippen LogP contribution in [0.2, 0.25) is 0 Å². The van der Waals surface area contributed by atoms with E-state index in [1.165, 1.54) is 30.3 Å². The van der Waals surface area contributed by atoms with E-state index < -0.39 is 34.2 Å². The number of para-hydroxylation sites is 1. The summed E-state index contributed by atoms with van der Waals surface area (Å²) in [5.74, 6) is -3.78. The third-order valence-electron chi connectivity index (χ3n) is 3.27. The molecule has 0 aliphatic heterocycles. The van der Waals surface area contributed by atoms with E-state index in [-0.39, 0.29) is 70.4 Å². The average Bonchev–Trinajstić information content (AvgIpc) is 2.79. The van der Waals surface area contributed by atoms with Gasteiger partial charge in [0, 0.05) is 0 Å². The topological polar surface area (TPSA) is 262 Å². The molecule has 0 saturated heterocycles. The Labute approximate surface area is 198 Å². The molecule has 12 nitrogen and oxygen atoms in total. The van der Waals surface area contributed by atoms with E-state index in [1.54, 1.807) is 0 Å². The molecule has 12 heteroatoms. The van der Waals surface area contributed by atoms with Crippen LogP contribution in [0.5, 0.6) is 40.2 Å². The zero-order valence-corrected chi connectivity index (χ0v) is 14.5. The fraction of sp³-hybridized carbons (Fsp3) is 0.227. The monoisotopic (exact) mass is 496 g/mol.